The topological polar surface area (TPSA) is 46.9 Å². The van der Waals surface area contributed by atoms with Crippen LogP contribution in [0.25, 0.3) is 0 Å². The van der Waals surface area contributed by atoms with E-state index in [9.17, 15) is 4.79 Å². The predicted octanol–water partition coefficient (Wildman–Crippen LogP) is 2.35. The Hall–Kier alpha value is -1.16. The smallest absolute Gasteiger partial charge is 0.158 e. The van der Waals surface area contributed by atoms with Crippen molar-refractivity contribution >= 4 is 5.78 Å². The van der Waals surface area contributed by atoms with Gasteiger partial charge in [0.15, 0.2) is 5.78 Å². The highest BCUT2D eigenvalue weighted by Gasteiger charge is 2.25. The number of nitrogens with zero attached hydrogens (tertiary/aromatic N) is 2. The number of rotatable bonds is 7. The van der Waals surface area contributed by atoms with Crippen LogP contribution in [0.3, 0.4) is 0 Å². The summed E-state index contributed by atoms with van der Waals surface area (Å²) in [4.78, 5) is 12.1. The van der Waals surface area contributed by atoms with Crippen molar-refractivity contribution in [1.82, 2.24) is 15.1 Å². The molecule has 1 rings (SSSR count). The molecule has 0 aliphatic rings. The predicted molar refractivity (Wildman–Crippen MR) is 73.7 cm³/mol. The summed E-state index contributed by atoms with van der Waals surface area (Å²) in [6.07, 6.45) is 4.49. The minimum absolute atomic E-state index is 0.166. The first kappa shape index (κ1) is 14.9. The van der Waals surface area contributed by atoms with Gasteiger partial charge in [0, 0.05) is 6.20 Å². The summed E-state index contributed by atoms with van der Waals surface area (Å²) in [5.74, 6) is 0.166. The van der Waals surface area contributed by atoms with Gasteiger partial charge in [0.1, 0.15) is 0 Å². The molecule has 0 aliphatic carbocycles. The lowest BCUT2D eigenvalue weighted by Gasteiger charge is -2.21. The van der Waals surface area contributed by atoms with E-state index in [0.29, 0.717) is 12.5 Å². The summed E-state index contributed by atoms with van der Waals surface area (Å²) in [5.41, 5.74) is 0.369. The Balaban J connectivity index is 2.73. The molecule has 1 heterocycles. The van der Waals surface area contributed by atoms with Crippen molar-refractivity contribution in [2.75, 3.05) is 7.05 Å². The lowest BCUT2D eigenvalue weighted by atomic mass is 9.96. The van der Waals surface area contributed by atoms with Crippen molar-refractivity contribution in [2.24, 2.45) is 0 Å². The van der Waals surface area contributed by atoms with Gasteiger partial charge in [-0.2, -0.15) is 5.10 Å². The maximum atomic E-state index is 12.1. The fraction of sp³-hybridized carbons (Fsp3) is 0.714. The molecule has 0 radical (unpaired) electrons. The maximum absolute atomic E-state index is 12.1. The van der Waals surface area contributed by atoms with Gasteiger partial charge >= 0.3 is 0 Å². The van der Waals surface area contributed by atoms with Crippen molar-refractivity contribution in [1.29, 1.82) is 0 Å². The lowest BCUT2D eigenvalue weighted by molar-refractivity contribution is -0.123. The third kappa shape index (κ3) is 3.42. The van der Waals surface area contributed by atoms with Gasteiger partial charge in [-0.05, 0) is 39.8 Å². The van der Waals surface area contributed by atoms with Crippen LogP contribution in [0.1, 0.15) is 52.3 Å². The van der Waals surface area contributed by atoms with E-state index in [1.54, 1.807) is 7.05 Å². The van der Waals surface area contributed by atoms with Gasteiger partial charge in [-0.25, -0.2) is 0 Å². The molecule has 0 unspecified atom stereocenters. The van der Waals surface area contributed by atoms with Gasteiger partial charge in [0.25, 0.3) is 0 Å². The Morgan fingerprint density at radius 2 is 2.06 bits per heavy atom. The Morgan fingerprint density at radius 1 is 1.44 bits per heavy atom. The largest absolute Gasteiger partial charge is 0.308 e. The first-order valence-corrected chi connectivity index (χ1v) is 6.70. The van der Waals surface area contributed by atoms with E-state index < -0.39 is 5.54 Å². The fourth-order valence-electron chi connectivity index (χ4n) is 1.86. The first-order chi connectivity index (χ1) is 8.44. The summed E-state index contributed by atoms with van der Waals surface area (Å²) < 4.78 is 1.98. The molecular formula is C14H25N3O. The molecule has 18 heavy (non-hydrogen) atoms. The van der Waals surface area contributed by atoms with Crippen molar-refractivity contribution in [2.45, 2.75) is 58.5 Å². The van der Waals surface area contributed by atoms with Gasteiger partial charge < -0.3 is 5.32 Å². The number of hydrogen-bond acceptors (Lipinski definition) is 3. The van der Waals surface area contributed by atoms with E-state index in [0.717, 1.165) is 18.5 Å². The highest BCUT2D eigenvalue weighted by atomic mass is 16.1. The summed E-state index contributed by atoms with van der Waals surface area (Å²) in [6.45, 7) is 8.11. The average Bonchev–Trinajstić information content (AvgIpc) is 2.79. The maximum Gasteiger partial charge on any atom is 0.158 e. The molecule has 0 fully saturated rings. The highest BCUT2D eigenvalue weighted by molar-refractivity contribution is 5.89. The zero-order chi connectivity index (χ0) is 13.8. The zero-order valence-electron chi connectivity index (χ0n) is 12.2. The van der Waals surface area contributed by atoms with Crippen molar-refractivity contribution in [3.8, 4) is 0 Å². The molecule has 1 aromatic heterocycles. The molecular weight excluding hydrogens is 226 g/mol. The molecule has 0 saturated carbocycles. The number of likely N-dealkylation sites (N-methyl/N-ethyl adjacent to an activating group) is 1. The first-order valence-electron chi connectivity index (χ1n) is 6.70. The number of hydrogen-bond donors (Lipinski definition) is 1. The van der Waals surface area contributed by atoms with E-state index in [1.165, 1.54) is 0 Å². The molecule has 0 spiro atoms. The summed E-state index contributed by atoms with van der Waals surface area (Å²) in [7, 11) is 1.81. The number of carbonyl (C=O) groups is 1. The van der Waals surface area contributed by atoms with Crippen molar-refractivity contribution < 1.29 is 4.79 Å². The summed E-state index contributed by atoms with van der Waals surface area (Å²) in [6, 6.07) is 2.38. The Labute approximate surface area is 110 Å². The third-order valence-electron chi connectivity index (χ3n) is 3.64. The van der Waals surface area contributed by atoms with E-state index in [2.05, 4.69) is 24.3 Å². The molecule has 102 valence electrons. The van der Waals surface area contributed by atoms with Crippen LogP contribution in [-0.2, 0) is 11.2 Å². The number of carbonyl (C=O) groups excluding carboxylic acids is 1. The van der Waals surface area contributed by atoms with E-state index in [-0.39, 0.29) is 5.78 Å². The van der Waals surface area contributed by atoms with Gasteiger partial charge in [0.05, 0.1) is 23.7 Å². The summed E-state index contributed by atoms with van der Waals surface area (Å²) in [5, 5.41) is 7.54. The number of aromatic nitrogens is 2. The molecule has 0 saturated heterocycles. The molecule has 1 N–H and O–H groups in total. The fourth-order valence-corrected chi connectivity index (χ4v) is 1.86. The second-order valence-electron chi connectivity index (χ2n) is 5.23. The molecule has 1 aromatic rings. The van der Waals surface area contributed by atoms with Crippen LogP contribution in [0, 0.1) is 0 Å². The number of nitrogens with one attached hydrogen (secondary N) is 1. The average molecular weight is 251 g/mol. The van der Waals surface area contributed by atoms with E-state index in [4.69, 9.17) is 0 Å². The molecule has 0 bridgehead atoms. The SMILES string of the molecule is CCC(CC)n1ccc(CC(=O)C(C)(C)NC)n1. The van der Waals surface area contributed by atoms with Crippen LogP contribution in [-0.4, -0.2) is 28.2 Å². The Kier molecular flexibility index (Phi) is 5.08. The van der Waals surface area contributed by atoms with Crippen LogP contribution in [0.15, 0.2) is 12.3 Å². The number of ketones is 1. The highest BCUT2D eigenvalue weighted by Crippen LogP contribution is 2.15. The van der Waals surface area contributed by atoms with E-state index >= 15 is 0 Å². The van der Waals surface area contributed by atoms with Gasteiger partial charge in [-0.3, -0.25) is 9.48 Å². The third-order valence-corrected chi connectivity index (χ3v) is 3.64. The van der Waals surface area contributed by atoms with Gasteiger partial charge in [0.2, 0.25) is 0 Å². The second kappa shape index (κ2) is 6.14. The zero-order valence-corrected chi connectivity index (χ0v) is 12.2. The minimum Gasteiger partial charge on any atom is -0.308 e. The monoisotopic (exact) mass is 251 g/mol. The molecule has 0 aromatic carbocycles. The quantitative estimate of drug-likeness (QED) is 0.809. The lowest BCUT2D eigenvalue weighted by Crippen LogP contribution is -2.45. The molecule has 4 heteroatoms. The molecule has 0 aliphatic heterocycles. The van der Waals surface area contributed by atoms with E-state index in [1.807, 2.05) is 30.8 Å². The minimum atomic E-state index is -0.487. The molecule has 0 atom stereocenters. The van der Waals surface area contributed by atoms with Crippen LogP contribution in [0.4, 0.5) is 0 Å². The van der Waals surface area contributed by atoms with Crippen LogP contribution in [0.2, 0.25) is 0 Å². The summed E-state index contributed by atoms with van der Waals surface area (Å²) >= 11 is 0. The second-order valence-corrected chi connectivity index (χ2v) is 5.23. The molecule has 0 amide bonds. The van der Waals surface area contributed by atoms with Crippen LogP contribution >= 0.6 is 0 Å². The standard InChI is InChI=1S/C14H25N3O/c1-6-12(7-2)17-9-8-11(16-17)10-13(18)14(3,4)15-5/h8-9,12,15H,6-7,10H2,1-5H3. The number of Topliss-reactive ketones (excluding diaryl/α,β-unsaturated/α-hetero) is 1. The van der Waals surface area contributed by atoms with Crippen LogP contribution < -0.4 is 5.32 Å². The van der Waals surface area contributed by atoms with Crippen molar-refractivity contribution in [3.63, 3.8) is 0 Å². The van der Waals surface area contributed by atoms with Gasteiger partial charge in [-0.1, -0.05) is 13.8 Å². The molecule has 4 nitrogen and oxygen atoms in total. The van der Waals surface area contributed by atoms with Crippen LogP contribution in [0.5, 0.6) is 0 Å². The van der Waals surface area contributed by atoms with Crippen molar-refractivity contribution in [3.05, 3.63) is 18.0 Å². The normalized spacial score (nSPS) is 12.1. The Bertz CT molecular complexity index is 391. The van der Waals surface area contributed by atoms with Gasteiger partial charge in [-0.15, -0.1) is 0 Å². The Morgan fingerprint density at radius 3 is 2.56 bits per heavy atom.